The molecule has 7 heteroatoms. The first-order valence-electron chi connectivity index (χ1n) is 6.45. The van der Waals surface area contributed by atoms with E-state index in [1.54, 1.807) is 4.52 Å². The Hall–Kier alpha value is -1.99. The van der Waals surface area contributed by atoms with E-state index in [4.69, 9.17) is 0 Å². The number of hydrogen-bond donors (Lipinski definition) is 2. The van der Waals surface area contributed by atoms with Gasteiger partial charge in [0.05, 0.1) is 18.4 Å². The first-order chi connectivity index (χ1) is 9.47. The summed E-state index contributed by atoms with van der Waals surface area (Å²) in [4.78, 5) is 18.2. The molecule has 7 nitrogen and oxygen atoms in total. The molecule has 1 fully saturated rings. The number of aliphatic hydroxyl groups is 2. The zero-order valence-electron chi connectivity index (χ0n) is 11.3. The van der Waals surface area contributed by atoms with Crippen LogP contribution in [-0.4, -0.2) is 60.9 Å². The van der Waals surface area contributed by atoms with Gasteiger partial charge in [-0.15, -0.1) is 0 Å². The van der Waals surface area contributed by atoms with E-state index in [-0.39, 0.29) is 19.0 Å². The number of nitrogens with zero attached hydrogens (tertiary/aromatic N) is 4. The summed E-state index contributed by atoms with van der Waals surface area (Å²) in [5, 5.41) is 23.2. The minimum Gasteiger partial charge on any atom is -0.388 e. The van der Waals surface area contributed by atoms with E-state index in [0.717, 1.165) is 11.4 Å². The molecule has 0 bridgehead atoms. The van der Waals surface area contributed by atoms with E-state index >= 15 is 0 Å². The van der Waals surface area contributed by atoms with Crippen LogP contribution in [0.4, 0.5) is 0 Å². The molecule has 2 atom stereocenters. The quantitative estimate of drug-likeness (QED) is 0.734. The Bertz CT molecular complexity index is 672. The van der Waals surface area contributed by atoms with Gasteiger partial charge < -0.3 is 15.1 Å². The standard InChI is InChI=1S/C13H16N4O3/c1-7-3-8(2)17-12(15-7)9(4-14-17)13(20)16-5-10(18)11(19)6-16/h3-4,10-11,18-19H,5-6H2,1-2H3. The molecule has 3 heterocycles. The predicted molar refractivity (Wildman–Crippen MR) is 70.4 cm³/mol. The minimum absolute atomic E-state index is 0.127. The van der Waals surface area contributed by atoms with Gasteiger partial charge in [-0.05, 0) is 19.9 Å². The summed E-state index contributed by atoms with van der Waals surface area (Å²) in [7, 11) is 0. The summed E-state index contributed by atoms with van der Waals surface area (Å²) in [5.74, 6) is -0.270. The van der Waals surface area contributed by atoms with Crippen molar-refractivity contribution in [2.24, 2.45) is 0 Å². The zero-order valence-corrected chi connectivity index (χ0v) is 11.3. The smallest absolute Gasteiger partial charge is 0.259 e. The lowest BCUT2D eigenvalue weighted by molar-refractivity contribution is 0.0572. The van der Waals surface area contributed by atoms with Gasteiger partial charge in [-0.25, -0.2) is 9.50 Å². The minimum atomic E-state index is -0.891. The molecule has 1 amide bonds. The van der Waals surface area contributed by atoms with Gasteiger partial charge in [0.15, 0.2) is 5.65 Å². The Morgan fingerprint density at radius 2 is 1.95 bits per heavy atom. The second kappa shape index (κ2) is 4.53. The van der Waals surface area contributed by atoms with Crippen LogP contribution in [0.15, 0.2) is 12.3 Å². The summed E-state index contributed by atoms with van der Waals surface area (Å²) < 4.78 is 1.61. The van der Waals surface area contributed by atoms with Gasteiger partial charge in [-0.1, -0.05) is 0 Å². The highest BCUT2D eigenvalue weighted by atomic mass is 16.3. The lowest BCUT2D eigenvalue weighted by atomic mass is 10.2. The highest BCUT2D eigenvalue weighted by Gasteiger charge is 2.34. The van der Waals surface area contributed by atoms with Crippen molar-refractivity contribution in [3.8, 4) is 0 Å². The molecule has 1 aliphatic heterocycles. The molecule has 1 saturated heterocycles. The van der Waals surface area contributed by atoms with Gasteiger partial charge >= 0.3 is 0 Å². The second-order valence-electron chi connectivity index (χ2n) is 5.18. The fraction of sp³-hybridized carbons (Fsp3) is 0.462. The van der Waals surface area contributed by atoms with Crippen molar-refractivity contribution in [2.45, 2.75) is 26.1 Å². The van der Waals surface area contributed by atoms with Crippen LogP contribution < -0.4 is 0 Å². The van der Waals surface area contributed by atoms with Gasteiger partial charge in [-0.3, -0.25) is 4.79 Å². The van der Waals surface area contributed by atoms with Crippen molar-refractivity contribution < 1.29 is 15.0 Å². The van der Waals surface area contributed by atoms with E-state index in [1.807, 2.05) is 19.9 Å². The van der Waals surface area contributed by atoms with Gasteiger partial charge in [0.1, 0.15) is 5.56 Å². The first-order valence-corrected chi connectivity index (χ1v) is 6.45. The molecule has 1 aliphatic rings. The molecule has 106 valence electrons. The average Bonchev–Trinajstić information content (AvgIpc) is 2.93. The van der Waals surface area contributed by atoms with Crippen LogP contribution >= 0.6 is 0 Å². The maximum atomic E-state index is 12.4. The van der Waals surface area contributed by atoms with Crippen molar-refractivity contribution in [3.63, 3.8) is 0 Å². The van der Waals surface area contributed by atoms with E-state index in [9.17, 15) is 15.0 Å². The molecule has 0 aromatic carbocycles. The van der Waals surface area contributed by atoms with E-state index in [0.29, 0.717) is 11.2 Å². The SMILES string of the molecule is Cc1cc(C)n2ncc(C(=O)N3CC(O)C(O)C3)c2n1. The molecule has 0 aliphatic carbocycles. The molecule has 0 saturated carbocycles. The topological polar surface area (TPSA) is 91.0 Å². The number of aryl methyl sites for hydroxylation is 2. The fourth-order valence-corrected chi connectivity index (χ4v) is 2.53. The largest absolute Gasteiger partial charge is 0.388 e. The molecule has 2 aromatic rings. The van der Waals surface area contributed by atoms with Gasteiger partial charge in [0, 0.05) is 24.5 Å². The number of carbonyl (C=O) groups excluding carboxylic acids is 1. The number of fused-ring (bicyclic) bond motifs is 1. The molecule has 0 radical (unpaired) electrons. The predicted octanol–water partition coefficient (Wildman–Crippen LogP) is -0.476. The van der Waals surface area contributed by atoms with Gasteiger partial charge in [0.25, 0.3) is 5.91 Å². The summed E-state index contributed by atoms with van der Waals surface area (Å²) in [6.45, 7) is 4.01. The van der Waals surface area contributed by atoms with E-state index < -0.39 is 12.2 Å². The molecular weight excluding hydrogens is 260 g/mol. The maximum absolute atomic E-state index is 12.4. The highest BCUT2D eigenvalue weighted by molar-refractivity contribution is 5.99. The van der Waals surface area contributed by atoms with E-state index in [2.05, 4.69) is 10.1 Å². The van der Waals surface area contributed by atoms with Crippen LogP contribution in [0.2, 0.25) is 0 Å². The van der Waals surface area contributed by atoms with Gasteiger partial charge in [0.2, 0.25) is 0 Å². The maximum Gasteiger partial charge on any atom is 0.259 e. The van der Waals surface area contributed by atoms with Crippen LogP contribution in [0.5, 0.6) is 0 Å². The third-order valence-corrected chi connectivity index (χ3v) is 3.55. The van der Waals surface area contributed by atoms with Crippen molar-refractivity contribution >= 4 is 11.6 Å². The summed E-state index contributed by atoms with van der Waals surface area (Å²) in [6, 6.07) is 1.89. The normalized spacial score (nSPS) is 22.7. The van der Waals surface area contributed by atoms with Crippen molar-refractivity contribution in [1.29, 1.82) is 0 Å². The number of likely N-dealkylation sites (tertiary alicyclic amines) is 1. The van der Waals surface area contributed by atoms with Crippen molar-refractivity contribution in [2.75, 3.05) is 13.1 Å². The monoisotopic (exact) mass is 276 g/mol. The number of carbonyl (C=O) groups is 1. The van der Waals surface area contributed by atoms with Crippen LogP contribution in [0.3, 0.4) is 0 Å². The fourth-order valence-electron chi connectivity index (χ4n) is 2.53. The van der Waals surface area contributed by atoms with Crippen LogP contribution in [0, 0.1) is 13.8 Å². The van der Waals surface area contributed by atoms with Crippen molar-refractivity contribution in [1.82, 2.24) is 19.5 Å². The molecule has 0 spiro atoms. The number of β-amino-alcohol motifs (C(OH)–C–C–N with tert-alkyl or cyclic N) is 2. The van der Waals surface area contributed by atoms with E-state index in [1.165, 1.54) is 11.1 Å². The lowest BCUT2D eigenvalue weighted by Gasteiger charge is -2.14. The third-order valence-electron chi connectivity index (χ3n) is 3.55. The third kappa shape index (κ3) is 1.95. The highest BCUT2D eigenvalue weighted by Crippen LogP contribution is 2.18. The van der Waals surface area contributed by atoms with Crippen LogP contribution in [0.1, 0.15) is 21.7 Å². The number of hydrogen-bond acceptors (Lipinski definition) is 5. The number of rotatable bonds is 1. The molecule has 20 heavy (non-hydrogen) atoms. The second-order valence-corrected chi connectivity index (χ2v) is 5.18. The Morgan fingerprint density at radius 3 is 2.60 bits per heavy atom. The molecule has 2 aromatic heterocycles. The van der Waals surface area contributed by atoms with Crippen LogP contribution in [-0.2, 0) is 0 Å². The lowest BCUT2D eigenvalue weighted by Crippen LogP contribution is -2.29. The number of amides is 1. The van der Waals surface area contributed by atoms with Crippen molar-refractivity contribution in [3.05, 3.63) is 29.2 Å². The van der Waals surface area contributed by atoms with Crippen LogP contribution in [0.25, 0.3) is 5.65 Å². The summed E-state index contributed by atoms with van der Waals surface area (Å²) in [5.41, 5.74) is 2.60. The Labute approximate surface area is 115 Å². The number of aliphatic hydroxyl groups excluding tert-OH is 2. The Balaban J connectivity index is 2.00. The summed E-state index contributed by atoms with van der Waals surface area (Å²) >= 11 is 0. The molecular formula is C13H16N4O3. The molecule has 2 unspecified atom stereocenters. The van der Waals surface area contributed by atoms with Gasteiger partial charge in [-0.2, -0.15) is 5.10 Å². The molecule has 2 N–H and O–H groups in total. The Morgan fingerprint density at radius 1 is 1.30 bits per heavy atom. The number of aromatic nitrogens is 3. The average molecular weight is 276 g/mol. The first kappa shape index (κ1) is 13.0. The molecule has 3 rings (SSSR count). The zero-order chi connectivity index (χ0) is 14.4. The summed E-state index contributed by atoms with van der Waals surface area (Å²) in [6.07, 6.45) is -0.303. The Kier molecular flexibility index (Phi) is 2.95.